The predicted molar refractivity (Wildman–Crippen MR) is 92.6 cm³/mol. The molecule has 23 heavy (non-hydrogen) atoms. The van der Waals surface area contributed by atoms with Gasteiger partial charge in [0, 0.05) is 45.3 Å². The Labute approximate surface area is 139 Å². The Morgan fingerprint density at radius 1 is 1.13 bits per heavy atom. The first-order chi connectivity index (χ1) is 10.9. The molecule has 0 aliphatic carbocycles. The molecule has 0 unspecified atom stereocenters. The van der Waals surface area contributed by atoms with Crippen molar-refractivity contribution in [3.8, 4) is 0 Å². The standard InChI is InChI=1S/C17H27N3O2S/c1-14-9-19(10-15-6-4-3-5-7-15)13-17(14)18-8-16-11-20(12-16)23(2,21)22/h3-7,14,16-18H,8-13H2,1-2H3/t14-,17-/m0/s1. The molecule has 0 amide bonds. The molecule has 2 aliphatic heterocycles. The summed E-state index contributed by atoms with van der Waals surface area (Å²) in [6.45, 7) is 7.74. The molecule has 1 aromatic carbocycles. The maximum Gasteiger partial charge on any atom is 0.211 e. The van der Waals surface area contributed by atoms with E-state index in [0.29, 0.717) is 31.0 Å². The normalized spacial score (nSPS) is 27.2. The van der Waals surface area contributed by atoms with Crippen LogP contribution < -0.4 is 5.32 Å². The summed E-state index contributed by atoms with van der Waals surface area (Å²) in [7, 11) is -2.99. The molecule has 2 atom stereocenters. The second-order valence-electron chi connectivity index (χ2n) is 7.12. The summed E-state index contributed by atoms with van der Waals surface area (Å²) in [5.41, 5.74) is 1.36. The molecule has 1 aromatic rings. The van der Waals surface area contributed by atoms with E-state index in [0.717, 1.165) is 26.2 Å². The van der Waals surface area contributed by atoms with Crippen LogP contribution >= 0.6 is 0 Å². The van der Waals surface area contributed by atoms with Gasteiger partial charge in [-0.15, -0.1) is 0 Å². The van der Waals surface area contributed by atoms with Gasteiger partial charge in [0.1, 0.15) is 0 Å². The summed E-state index contributed by atoms with van der Waals surface area (Å²) in [5, 5.41) is 3.66. The number of hydrogen-bond acceptors (Lipinski definition) is 4. The molecule has 0 saturated carbocycles. The number of sulfonamides is 1. The van der Waals surface area contributed by atoms with Gasteiger partial charge in [0.05, 0.1) is 6.26 Å². The van der Waals surface area contributed by atoms with Crippen LogP contribution in [0, 0.1) is 11.8 Å². The van der Waals surface area contributed by atoms with Crippen LogP contribution in [0.25, 0.3) is 0 Å². The number of likely N-dealkylation sites (tertiary alicyclic amines) is 1. The minimum atomic E-state index is -2.99. The summed E-state index contributed by atoms with van der Waals surface area (Å²) >= 11 is 0. The van der Waals surface area contributed by atoms with Crippen molar-refractivity contribution >= 4 is 10.0 Å². The molecule has 2 aliphatic rings. The summed E-state index contributed by atoms with van der Waals surface area (Å²) < 4.78 is 24.3. The Kier molecular flexibility index (Phi) is 5.06. The van der Waals surface area contributed by atoms with E-state index in [9.17, 15) is 8.42 Å². The smallest absolute Gasteiger partial charge is 0.211 e. The highest BCUT2D eigenvalue weighted by Gasteiger charge is 2.35. The van der Waals surface area contributed by atoms with Crippen LogP contribution in [0.3, 0.4) is 0 Å². The van der Waals surface area contributed by atoms with Crippen molar-refractivity contribution in [1.29, 1.82) is 0 Å². The molecular formula is C17H27N3O2S. The third-order valence-electron chi connectivity index (χ3n) is 5.00. The highest BCUT2D eigenvalue weighted by Crippen LogP contribution is 2.21. The first-order valence-electron chi connectivity index (χ1n) is 8.36. The molecule has 0 spiro atoms. The lowest BCUT2D eigenvalue weighted by Crippen LogP contribution is -2.54. The van der Waals surface area contributed by atoms with Crippen molar-refractivity contribution in [1.82, 2.24) is 14.5 Å². The Hall–Kier alpha value is -0.950. The van der Waals surface area contributed by atoms with Crippen molar-refractivity contribution in [3.63, 3.8) is 0 Å². The number of nitrogens with zero attached hydrogens (tertiary/aromatic N) is 2. The molecule has 1 N–H and O–H groups in total. The highest BCUT2D eigenvalue weighted by molar-refractivity contribution is 7.88. The van der Waals surface area contributed by atoms with E-state index in [4.69, 9.17) is 0 Å². The maximum atomic E-state index is 11.4. The van der Waals surface area contributed by atoms with E-state index in [2.05, 4.69) is 47.5 Å². The lowest BCUT2D eigenvalue weighted by atomic mass is 10.0. The Morgan fingerprint density at radius 2 is 1.83 bits per heavy atom. The van der Waals surface area contributed by atoms with Gasteiger partial charge in [-0.3, -0.25) is 4.90 Å². The van der Waals surface area contributed by atoms with Gasteiger partial charge in [0.2, 0.25) is 10.0 Å². The molecular weight excluding hydrogens is 310 g/mol. The van der Waals surface area contributed by atoms with Crippen molar-refractivity contribution in [2.75, 3.05) is 39.0 Å². The third-order valence-corrected chi connectivity index (χ3v) is 6.23. The Morgan fingerprint density at radius 3 is 2.48 bits per heavy atom. The average molecular weight is 337 g/mol. The Bertz CT molecular complexity index is 614. The number of benzene rings is 1. The van der Waals surface area contributed by atoms with E-state index < -0.39 is 10.0 Å². The summed E-state index contributed by atoms with van der Waals surface area (Å²) in [5.74, 6) is 1.09. The third kappa shape index (κ3) is 4.32. The van der Waals surface area contributed by atoms with Gasteiger partial charge >= 0.3 is 0 Å². The number of rotatable bonds is 6. The number of hydrogen-bond donors (Lipinski definition) is 1. The van der Waals surface area contributed by atoms with Crippen LogP contribution in [0.5, 0.6) is 0 Å². The lowest BCUT2D eigenvalue weighted by molar-refractivity contribution is 0.190. The molecule has 0 bridgehead atoms. The molecule has 0 aromatic heterocycles. The van der Waals surface area contributed by atoms with Crippen LogP contribution in [0.15, 0.2) is 30.3 Å². The van der Waals surface area contributed by atoms with Gasteiger partial charge in [0.15, 0.2) is 0 Å². The first kappa shape index (κ1) is 16.9. The fourth-order valence-corrected chi connectivity index (χ4v) is 4.51. The largest absolute Gasteiger partial charge is 0.312 e. The minimum absolute atomic E-state index is 0.458. The van der Waals surface area contributed by atoms with Crippen molar-refractivity contribution in [2.24, 2.45) is 11.8 Å². The molecule has 2 heterocycles. The van der Waals surface area contributed by atoms with Crippen LogP contribution in [0.2, 0.25) is 0 Å². The van der Waals surface area contributed by atoms with Gasteiger partial charge in [-0.1, -0.05) is 37.3 Å². The number of nitrogens with one attached hydrogen (secondary N) is 1. The SMILES string of the molecule is C[C@H]1CN(Cc2ccccc2)C[C@@H]1NCC1CN(S(C)(=O)=O)C1. The van der Waals surface area contributed by atoms with Crippen LogP contribution in [-0.2, 0) is 16.6 Å². The van der Waals surface area contributed by atoms with E-state index in [1.807, 2.05) is 0 Å². The molecule has 128 valence electrons. The highest BCUT2D eigenvalue weighted by atomic mass is 32.2. The summed E-state index contributed by atoms with van der Waals surface area (Å²) in [4.78, 5) is 2.50. The van der Waals surface area contributed by atoms with E-state index >= 15 is 0 Å². The van der Waals surface area contributed by atoms with E-state index in [-0.39, 0.29) is 0 Å². The first-order valence-corrected chi connectivity index (χ1v) is 10.2. The van der Waals surface area contributed by atoms with Gasteiger partial charge in [-0.05, 0) is 17.4 Å². The van der Waals surface area contributed by atoms with Crippen LogP contribution in [-0.4, -0.2) is 62.6 Å². The van der Waals surface area contributed by atoms with Gasteiger partial charge in [0.25, 0.3) is 0 Å². The van der Waals surface area contributed by atoms with Gasteiger partial charge < -0.3 is 5.32 Å². The second-order valence-corrected chi connectivity index (χ2v) is 9.10. The lowest BCUT2D eigenvalue weighted by Gasteiger charge is -2.38. The fourth-order valence-electron chi connectivity index (χ4n) is 3.54. The monoisotopic (exact) mass is 337 g/mol. The molecule has 6 heteroatoms. The van der Waals surface area contributed by atoms with E-state index in [1.165, 1.54) is 11.8 Å². The maximum absolute atomic E-state index is 11.4. The molecule has 2 saturated heterocycles. The summed E-state index contributed by atoms with van der Waals surface area (Å²) in [6, 6.07) is 11.1. The zero-order valence-corrected chi connectivity index (χ0v) is 14.8. The van der Waals surface area contributed by atoms with Crippen molar-refractivity contribution < 1.29 is 8.42 Å². The molecule has 5 nitrogen and oxygen atoms in total. The Balaban J connectivity index is 1.42. The molecule has 2 fully saturated rings. The quantitative estimate of drug-likeness (QED) is 0.841. The van der Waals surface area contributed by atoms with Gasteiger partial charge in [-0.25, -0.2) is 12.7 Å². The predicted octanol–water partition coefficient (Wildman–Crippen LogP) is 0.988. The summed E-state index contributed by atoms with van der Waals surface area (Å²) in [6.07, 6.45) is 1.29. The van der Waals surface area contributed by atoms with Crippen LogP contribution in [0.1, 0.15) is 12.5 Å². The fraction of sp³-hybridized carbons (Fsp3) is 0.647. The topological polar surface area (TPSA) is 52.6 Å². The molecule has 3 rings (SSSR count). The van der Waals surface area contributed by atoms with Crippen molar-refractivity contribution in [2.45, 2.75) is 19.5 Å². The molecule has 0 radical (unpaired) electrons. The van der Waals surface area contributed by atoms with Crippen molar-refractivity contribution in [3.05, 3.63) is 35.9 Å². The van der Waals surface area contributed by atoms with Crippen LogP contribution in [0.4, 0.5) is 0 Å². The minimum Gasteiger partial charge on any atom is -0.312 e. The van der Waals surface area contributed by atoms with Gasteiger partial charge in [-0.2, -0.15) is 0 Å². The zero-order chi connectivity index (χ0) is 16.4. The van der Waals surface area contributed by atoms with E-state index in [1.54, 1.807) is 4.31 Å². The second kappa shape index (κ2) is 6.89. The average Bonchev–Trinajstić information content (AvgIpc) is 2.77. The zero-order valence-electron chi connectivity index (χ0n) is 14.0.